The molecule has 1 fully saturated rings. The summed E-state index contributed by atoms with van der Waals surface area (Å²) >= 11 is 6.16. The fourth-order valence-corrected chi connectivity index (χ4v) is 3.59. The van der Waals surface area contributed by atoms with Crippen LogP contribution in [0.5, 0.6) is 0 Å². The van der Waals surface area contributed by atoms with Crippen molar-refractivity contribution in [3.8, 4) is 0 Å². The van der Waals surface area contributed by atoms with Gasteiger partial charge < -0.3 is 5.01 Å². The number of aryl methyl sites for hydroxylation is 1. The fourth-order valence-electron chi connectivity index (χ4n) is 3.42. The number of rotatable bonds is 2. The lowest BCUT2D eigenvalue weighted by molar-refractivity contribution is 0.337. The van der Waals surface area contributed by atoms with Crippen LogP contribution in [0.2, 0.25) is 0 Å². The van der Waals surface area contributed by atoms with Gasteiger partial charge in [-0.25, -0.2) is 9.66 Å². The molecule has 0 bridgehead atoms. The lowest BCUT2D eigenvalue weighted by atomic mass is 10.00. The van der Waals surface area contributed by atoms with Crippen LogP contribution in [0.3, 0.4) is 0 Å². The molecule has 0 saturated carbocycles. The average molecular weight is 292 g/mol. The van der Waals surface area contributed by atoms with Gasteiger partial charge in [0, 0.05) is 12.1 Å². The molecule has 0 radical (unpaired) electrons. The molecule has 108 valence electrons. The van der Waals surface area contributed by atoms with Crippen molar-refractivity contribution < 1.29 is 0 Å². The summed E-state index contributed by atoms with van der Waals surface area (Å²) in [4.78, 5) is 4.76. The van der Waals surface area contributed by atoms with Gasteiger partial charge >= 0.3 is 0 Å². The Morgan fingerprint density at radius 3 is 2.60 bits per heavy atom. The maximum Gasteiger partial charge on any atom is 0.143 e. The van der Waals surface area contributed by atoms with Crippen molar-refractivity contribution in [2.24, 2.45) is 0 Å². The fraction of sp³-hybridized carbons (Fsp3) is 0.562. The number of halogens is 1. The largest absolute Gasteiger partial charge is 0.305 e. The maximum atomic E-state index is 6.16. The zero-order valence-corrected chi connectivity index (χ0v) is 13.2. The van der Waals surface area contributed by atoms with E-state index in [9.17, 15) is 0 Å². The van der Waals surface area contributed by atoms with Crippen LogP contribution in [0, 0.1) is 6.92 Å². The van der Waals surface area contributed by atoms with E-state index in [1.807, 2.05) is 0 Å². The molecular formula is C16H22ClN3. The summed E-state index contributed by atoms with van der Waals surface area (Å²) in [6.45, 7) is 6.71. The van der Waals surface area contributed by atoms with Crippen LogP contribution in [0.15, 0.2) is 18.2 Å². The minimum Gasteiger partial charge on any atom is -0.305 e. The number of para-hydroxylation sites is 1. The van der Waals surface area contributed by atoms with E-state index in [2.05, 4.69) is 48.7 Å². The Hall–Kier alpha value is -1.22. The average Bonchev–Trinajstić information content (AvgIpc) is 2.79. The highest BCUT2D eigenvalue weighted by Crippen LogP contribution is 2.27. The Morgan fingerprint density at radius 1 is 1.25 bits per heavy atom. The van der Waals surface area contributed by atoms with E-state index in [0.29, 0.717) is 18.0 Å². The van der Waals surface area contributed by atoms with E-state index in [4.69, 9.17) is 16.6 Å². The number of alkyl halides is 1. The molecule has 4 heteroatoms. The summed E-state index contributed by atoms with van der Waals surface area (Å²) < 4.78 is 2.27. The van der Waals surface area contributed by atoms with Crippen LogP contribution in [0.4, 0.5) is 0 Å². The Bertz CT molecular complexity index is 609. The van der Waals surface area contributed by atoms with E-state index in [1.54, 1.807) is 0 Å². The molecule has 1 aliphatic heterocycles. The number of benzene rings is 1. The molecule has 2 aromatic rings. The molecule has 1 aliphatic rings. The molecule has 3 rings (SSSR count). The normalized spacial score (nSPS) is 23.5. The molecule has 0 amide bonds. The molecule has 3 nitrogen and oxygen atoms in total. The monoisotopic (exact) mass is 291 g/mol. The smallest absolute Gasteiger partial charge is 0.143 e. The zero-order chi connectivity index (χ0) is 14.3. The molecular weight excluding hydrogens is 270 g/mol. The molecule has 20 heavy (non-hydrogen) atoms. The first-order valence-electron chi connectivity index (χ1n) is 7.45. The van der Waals surface area contributed by atoms with E-state index in [1.165, 1.54) is 30.3 Å². The minimum absolute atomic E-state index is 0.448. The van der Waals surface area contributed by atoms with Crippen LogP contribution >= 0.6 is 11.6 Å². The SMILES string of the molecule is Cc1cccc2c1nc(CCl)n2N1C(C)CCCC1C. The van der Waals surface area contributed by atoms with Crippen LogP contribution in [0.1, 0.15) is 44.5 Å². The van der Waals surface area contributed by atoms with Gasteiger partial charge in [-0.3, -0.25) is 0 Å². The van der Waals surface area contributed by atoms with Crippen molar-refractivity contribution in [3.63, 3.8) is 0 Å². The van der Waals surface area contributed by atoms with E-state index >= 15 is 0 Å². The predicted octanol–water partition coefficient (Wildman–Crippen LogP) is 3.98. The third kappa shape index (κ3) is 2.08. The predicted molar refractivity (Wildman–Crippen MR) is 85.0 cm³/mol. The highest BCUT2D eigenvalue weighted by atomic mass is 35.5. The van der Waals surface area contributed by atoms with Gasteiger partial charge in [0.15, 0.2) is 0 Å². The Labute approximate surface area is 125 Å². The number of piperidine rings is 1. The summed E-state index contributed by atoms with van der Waals surface area (Å²) in [5, 5.41) is 2.47. The van der Waals surface area contributed by atoms with Gasteiger partial charge in [0.25, 0.3) is 0 Å². The second-order valence-corrected chi connectivity index (χ2v) is 6.19. The third-order valence-corrected chi connectivity index (χ3v) is 4.67. The molecule has 1 aromatic carbocycles. The van der Waals surface area contributed by atoms with Crippen molar-refractivity contribution in [2.45, 2.75) is 58.0 Å². The third-order valence-electron chi connectivity index (χ3n) is 4.43. The van der Waals surface area contributed by atoms with Crippen LogP contribution in [-0.2, 0) is 5.88 Å². The van der Waals surface area contributed by atoms with Gasteiger partial charge in [0.1, 0.15) is 5.82 Å². The molecule has 1 aromatic heterocycles. The van der Waals surface area contributed by atoms with Gasteiger partial charge in [-0.2, -0.15) is 0 Å². The van der Waals surface area contributed by atoms with Crippen LogP contribution in [0.25, 0.3) is 11.0 Å². The maximum absolute atomic E-state index is 6.16. The van der Waals surface area contributed by atoms with Crippen molar-refractivity contribution in [2.75, 3.05) is 5.01 Å². The Kier molecular flexibility index (Phi) is 3.63. The van der Waals surface area contributed by atoms with Crippen molar-refractivity contribution in [1.82, 2.24) is 9.66 Å². The first-order valence-corrected chi connectivity index (χ1v) is 7.98. The molecule has 0 N–H and O–H groups in total. The molecule has 2 atom stereocenters. The molecule has 0 aliphatic carbocycles. The van der Waals surface area contributed by atoms with Crippen LogP contribution < -0.4 is 5.01 Å². The molecule has 2 unspecified atom stereocenters. The molecule has 1 saturated heterocycles. The number of aromatic nitrogens is 2. The van der Waals surface area contributed by atoms with E-state index in [0.717, 1.165) is 11.3 Å². The summed E-state index contributed by atoms with van der Waals surface area (Å²) in [5.74, 6) is 1.40. The summed E-state index contributed by atoms with van der Waals surface area (Å²) in [5.41, 5.74) is 3.47. The van der Waals surface area contributed by atoms with Crippen LogP contribution in [-0.4, -0.2) is 21.7 Å². The lowest BCUT2D eigenvalue weighted by Gasteiger charge is -2.42. The van der Waals surface area contributed by atoms with Gasteiger partial charge in [0.2, 0.25) is 0 Å². The Morgan fingerprint density at radius 2 is 1.95 bits per heavy atom. The lowest BCUT2D eigenvalue weighted by Crippen LogP contribution is -2.51. The van der Waals surface area contributed by atoms with Crippen molar-refractivity contribution in [1.29, 1.82) is 0 Å². The zero-order valence-electron chi connectivity index (χ0n) is 12.4. The highest BCUT2D eigenvalue weighted by Gasteiger charge is 2.28. The first kappa shape index (κ1) is 13.7. The Balaban J connectivity index is 2.21. The number of hydrogen-bond donors (Lipinski definition) is 0. The van der Waals surface area contributed by atoms with Gasteiger partial charge in [0.05, 0.1) is 16.9 Å². The van der Waals surface area contributed by atoms with Gasteiger partial charge in [-0.1, -0.05) is 12.1 Å². The van der Waals surface area contributed by atoms with Crippen molar-refractivity contribution >= 4 is 22.6 Å². The van der Waals surface area contributed by atoms with E-state index < -0.39 is 0 Å². The minimum atomic E-state index is 0.448. The first-order chi connectivity index (χ1) is 9.63. The summed E-state index contributed by atoms with van der Waals surface area (Å²) in [6.07, 6.45) is 3.77. The second-order valence-electron chi connectivity index (χ2n) is 5.93. The molecule has 0 spiro atoms. The second kappa shape index (κ2) is 5.28. The summed E-state index contributed by atoms with van der Waals surface area (Å²) in [7, 11) is 0. The number of nitrogens with zero attached hydrogens (tertiary/aromatic N) is 3. The quantitative estimate of drug-likeness (QED) is 0.780. The summed E-state index contributed by atoms with van der Waals surface area (Å²) in [6, 6.07) is 7.42. The number of hydrogen-bond acceptors (Lipinski definition) is 2. The highest BCUT2D eigenvalue weighted by molar-refractivity contribution is 6.16. The van der Waals surface area contributed by atoms with Crippen molar-refractivity contribution in [3.05, 3.63) is 29.6 Å². The number of imidazole rings is 1. The topological polar surface area (TPSA) is 21.1 Å². The van der Waals surface area contributed by atoms with Gasteiger partial charge in [-0.05, 0) is 51.7 Å². The van der Waals surface area contributed by atoms with Gasteiger partial charge in [-0.15, -0.1) is 11.6 Å². The molecule has 2 heterocycles. The van der Waals surface area contributed by atoms with E-state index in [-0.39, 0.29) is 0 Å². The number of fused-ring (bicyclic) bond motifs is 1. The standard InChI is InChI=1S/C16H22ClN3/c1-11-6-4-9-14-16(11)18-15(10-17)20(14)19-12(2)7-5-8-13(19)3/h4,6,9,12-13H,5,7-8,10H2,1-3H3.